The molecule has 1 aliphatic rings. The molecule has 0 unspecified atom stereocenters. The van der Waals surface area contributed by atoms with Crippen LogP contribution in [0.4, 0.5) is 10.1 Å². The van der Waals surface area contributed by atoms with E-state index < -0.39 is 23.2 Å². The molecule has 1 aliphatic heterocycles. The number of halogens is 1. The Morgan fingerprint density at radius 1 is 0.818 bits per heavy atom. The Morgan fingerprint density at radius 2 is 1.32 bits per heavy atom. The van der Waals surface area contributed by atoms with Crippen LogP contribution >= 0.6 is 0 Å². The molecule has 0 aliphatic carbocycles. The van der Waals surface area contributed by atoms with Crippen LogP contribution in [0.25, 0.3) is 10.9 Å². The molecule has 1 aromatic heterocycles. The zero-order valence-electron chi connectivity index (χ0n) is 27.2. The molecular formula is C34H54FN3O5Zn. The van der Waals surface area contributed by atoms with E-state index in [0.29, 0.717) is 37.3 Å². The molecule has 1 aromatic carbocycles. The van der Waals surface area contributed by atoms with Crippen LogP contribution in [-0.4, -0.2) is 52.9 Å². The van der Waals surface area contributed by atoms with Gasteiger partial charge in [-0.2, -0.15) is 0 Å². The van der Waals surface area contributed by atoms with E-state index in [0.717, 1.165) is 32.0 Å². The molecule has 0 radical (unpaired) electrons. The Bertz CT molecular complexity index is 1180. The van der Waals surface area contributed by atoms with Gasteiger partial charge in [0.2, 0.25) is 5.43 Å². The maximum atomic E-state index is 14.5. The fraction of sp³-hybridized carbons (Fsp3) is 0.676. The third-order valence-electron chi connectivity index (χ3n) is 8.17. The number of carbonyl (C=O) groups is 2. The standard InChI is InChI=1S/C18H36O2.C16H18FN3O3.Zn/c1-2-3-4-5-6-7-8-9-10-11-12-13-14-15-16-17-18(19)20;1-2-19-9-11(16(22)23)15(21)10-7-12(17)14(8-13(10)19)20-5-3-18-4-6-20;/h2-17H2,1H3,(H,19,20);7-9,18H,2-6H2,1H3,(H,22,23);. The molecule has 10 heteroatoms. The number of benzene rings is 1. The third-order valence-corrected chi connectivity index (χ3v) is 8.17. The number of hydrogen-bond donors (Lipinski definition) is 3. The normalized spacial score (nSPS) is 12.8. The summed E-state index contributed by atoms with van der Waals surface area (Å²) in [6, 6.07) is 2.81. The predicted octanol–water partition coefficient (Wildman–Crippen LogP) is 7.60. The zero-order chi connectivity index (χ0) is 31.5. The first-order valence-electron chi connectivity index (χ1n) is 16.6. The van der Waals surface area contributed by atoms with E-state index in [1.54, 1.807) is 10.6 Å². The van der Waals surface area contributed by atoms with Gasteiger partial charge in [0.1, 0.15) is 11.4 Å². The molecule has 0 spiro atoms. The van der Waals surface area contributed by atoms with Gasteiger partial charge >= 0.3 is 11.9 Å². The van der Waals surface area contributed by atoms with Crippen LogP contribution in [0.1, 0.15) is 127 Å². The number of piperazine rings is 1. The summed E-state index contributed by atoms with van der Waals surface area (Å²) in [5.41, 5.74) is 0.0118. The van der Waals surface area contributed by atoms with Crippen molar-refractivity contribution in [2.24, 2.45) is 0 Å². The minimum Gasteiger partial charge on any atom is -0.481 e. The summed E-state index contributed by atoms with van der Waals surface area (Å²) in [4.78, 5) is 35.8. The second-order valence-corrected chi connectivity index (χ2v) is 11.6. The number of nitrogens with zero attached hydrogens (tertiary/aromatic N) is 2. The minimum atomic E-state index is -1.30. The molecule has 3 N–H and O–H groups in total. The average molecular weight is 669 g/mol. The van der Waals surface area contributed by atoms with Crippen LogP contribution in [-0.2, 0) is 30.8 Å². The van der Waals surface area contributed by atoms with Crippen LogP contribution in [0.2, 0.25) is 0 Å². The van der Waals surface area contributed by atoms with E-state index >= 15 is 0 Å². The van der Waals surface area contributed by atoms with E-state index in [1.807, 2.05) is 11.8 Å². The quantitative estimate of drug-likeness (QED) is 0.104. The number of fused-ring (bicyclic) bond motifs is 1. The number of pyridine rings is 1. The van der Waals surface area contributed by atoms with Crippen molar-refractivity contribution in [2.75, 3.05) is 31.1 Å². The van der Waals surface area contributed by atoms with Gasteiger partial charge in [-0.25, -0.2) is 9.18 Å². The first kappa shape index (κ1) is 39.7. The van der Waals surface area contributed by atoms with Gasteiger partial charge < -0.3 is 25.0 Å². The number of aliphatic carboxylic acids is 1. The summed E-state index contributed by atoms with van der Waals surface area (Å²) < 4.78 is 16.2. The van der Waals surface area contributed by atoms with Crippen molar-refractivity contribution < 1.29 is 43.7 Å². The van der Waals surface area contributed by atoms with Gasteiger partial charge in [0.25, 0.3) is 0 Å². The number of aromatic nitrogens is 1. The van der Waals surface area contributed by atoms with Gasteiger partial charge in [0.05, 0.1) is 11.2 Å². The second-order valence-electron chi connectivity index (χ2n) is 11.6. The Kier molecular flexibility index (Phi) is 20.8. The van der Waals surface area contributed by atoms with Crippen molar-refractivity contribution in [3.63, 3.8) is 0 Å². The van der Waals surface area contributed by atoms with E-state index in [4.69, 9.17) is 10.2 Å². The number of rotatable bonds is 19. The summed E-state index contributed by atoms with van der Waals surface area (Å²) in [7, 11) is 0. The maximum Gasteiger partial charge on any atom is 0.341 e. The Balaban J connectivity index is 0.000000436. The number of carboxylic acid groups (broad SMARTS) is 2. The average Bonchev–Trinajstić information content (AvgIpc) is 3.00. The molecule has 0 bridgehead atoms. The van der Waals surface area contributed by atoms with Crippen molar-refractivity contribution >= 4 is 28.5 Å². The van der Waals surface area contributed by atoms with E-state index in [2.05, 4.69) is 12.2 Å². The molecule has 0 saturated carbocycles. The van der Waals surface area contributed by atoms with E-state index in [-0.39, 0.29) is 30.4 Å². The number of aryl methyl sites for hydroxylation is 1. The summed E-state index contributed by atoms with van der Waals surface area (Å²) >= 11 is 0. The molecule has 2 heterocycles. The van der Waals surface area contributed by atoms with E-state index in [1.165, 1.54) is 89.7 Å². The monoisotopic (exact) mass is 667 g/mol. The molecule has 0 atom stereocenters. The van der Waals surface area contributed by atoms with Gasteiger partial charge in [0, 0.05) is 70.2 Å². The topological polar surface area (TPSA) is 112 Å². The van der Waals surface area contributed by atoms with Crippen LogP contribution in [0.15, 0.2) is 23.1 Å². The predicted molar refractivity (Wildman–Crippen MR) is 173 cm³/mol. The molecular weight excluding hydrogens is 615 g/mol. The minimum absolute atomic E-state index is 0. The summed E-state index contributed by atoms with van der Waals surface area (Å²) in [5.74, 6) is -2.45. The van der Waals surface area contributed by atoms with Crippen LogP contribution in [0.5, 0.6) is 0 Å². The molecule has 0 amide bonds. The van der Waals surface area contributed by atoms with Crippen molar-refractivity contribution in [1.29, 1.82) is 0 Å². The number of carboxylic acids is 2. The van der Waals surface area contributed by atoms with Crippen LogP contribution in [0.3, 0.4) is 0 Å². The van der Waals surface area contributed by atoms with Crippen molar-refractivity contribution in [2.45, 2.75) is 123 Å². The van der Waals surface area contributed by atoms with Crippen LogP contribution in [0, 0.1) is 5.82 Å². The number of unbranched alkanes of at least 4 members (excludes halogenated alkanes) is 14. The van der Waals surface area contributed by atoms with Gasteiger partial charge in [-0.05, 0) is 25.5 Å². The molecule has 44 heavy (non-hydrogen) atoms. The first-order valence-corrected chi connectivity index (χ1v) is 16.6. The van der Waals surface area contributed by atoms with Crippen molar-refractivity contribution in [3.8, 4) is 0 Å². The molecule has 8 nitrogen and oxygen atoms in total. The number of anilines is 1. The Labute approximate surface area is 275 Å². The molecule has 3 rings (SSSR count). The molecule has 244 valence electrons. The second kappa shape index (κ2) is 23.1. The first-order chi connectivity index (χ1) is 20.8. The zero-order valence-corrected chi connectivity index (χ0v) is 30.1. The maximum absolute atomic E-state index is 14.5. The largest absolute Gasteiger partial charge is 0.481 e. The summed E-state index contributed by atoms with van der Waals surface area (Å²) in [6.45, 7) is 7.53. The smallest absolute Gasteiger partial charge is 0.341 e. The summed E-state index contributed by atoms with van der Waals surface area (Å²) in [6.07, 6.45) is 21.5. The van der Waals surface area contributed by atoms with Gasteiger partial charge in [0.15, 0.2) is 0 Å². The third kappa shape index (κ3) is 14.2. The number of nitrogens with one attached hydrogen (secondary N) is 1. The van der Waals surface area contributed by atoms with Gasteiger partial charge in [-0.1, -0.05) is 96.8 Å². The summed E-state index contributed by atoms with van der Waals surface area (Å²) in [5, 5.41) is 21.0. The number of aromatic carboxylic acids is 1. The van der Waals surface area contributed by atoms with E-state index in [9.17, 15) is 18.8 Å². The van der Waals surface area contributed by atoms with Crippen LogP contribution < -0.4 is 15.6 Å². The fourth-order valence-corrected chi connectivity index (χ4v) is 5.61. The van der Waals surface area contributed by atoms with Crippen molar-refractivity contribution in [1.82, 2.24) is 9.88 Å². The molecule has 1 fully saturated rings. The van der Waals surface area contributed by atoms with Gasteiger partial charge in [-0.3, -0.25) is 9.59 Å². The SMILES string of the molecule is CCCCCCCCCCCCCCCCCC(=O)O.CCn1cc(C(=O)O)c(=O)c2cc(F)c(N3CCNCC3)cc21.[Zn]. The van der Waals surface area contributed by atoms with Gasteiger partial charge in [-0.15, -0.1) is 0 Å². The Hall–Kier alpha value is -2.32. The Morgan fingerprint density at radius 3 is 1.77 bits per heavy atom. The fourth-order valence-electron chi connectivity index (χ4n) is 5.61. The molecule has 1 saturated heterocycles. The van der Waals surface area contributed by atoms with Crippen molar-refractivity contribution in [3.05, 3.63) is 39.9 Å². The number of hydrogen-bond acceptors (Lipinski definition) is 5. The molecule has 2 aromatic rings.